The number of benzene rings is 1. The summed E-state index contributed by atoms with van der Waals surface area (Å²) < 4.78 is 0. The lowest BCUT2D eigenvalue weighted by Gasteiger charge is -2.12. The van der Waals surface area contributed by atoms with Gasteiger partial charge in [-0.25, -0.2) is 0 Å². The Morgan fingerprint density at radius 2 is 1.75 bits per heavy atom. The van der Waals surface area contributed by atoms with E-state index < -0.39 is 0 Å². The molecule has 0 amide bonds. The van der Waals surface area contributed by atoms with Crippen LogP contribution in [0.2, 0.25) is 0 Å². The first kappa shape index (κ1) is 13.2. The van der Waals surface area contributed by atoms with Crippen LogP contribution in [0.1, 0.15) is 31.7 Å². The van der Waals surface area contributed by atoms with E-state index in [-0.39, 0.29) is 0 Å². The summed E-state index contributed by atoms with van der Waals surface area (Å²) in [6.45, 7) is 8.77. The minimum atomic E-state index is 0.598. The Labute approximate surface area is 99.5 Å². The first-order valence-corrected chi connectivity index (χ1v) is 6.31. The van der Waals surface area contributed by atoms with Gasteiger partial charge in [0.2, 0.25) is 0 Å². The monoisotopic (exact) mass is 220 g/mol. The summed E-state index contributed by atoms with van der Waals surface area (Å²) in [5.74, 6) is 0.598. The third-order valence-electron chi connectivity index (χ3n) is 2.78. The second-order valence-corrected chi connectivity index (χ2v) is 4.22. The Hall–Kier alpha value is -0.860. The molecule has 2 N–H and O–H groups in total. The fourth-order valence-corrected chi connectivity index (χ4v) is 1.73. The van der Waals surface area contributed by atoms with Crippen LogP contribution in [0.25, 0.3) is 0 Å². The van der Waals surface area contributed by atoms with Crippen LogP contribution >= 0.6 is 0 Å². The molecule has 0 fully saturated rings. The molecular weight excluding hydrogens is 196 g/mol. The van der Waals surface area contributed by atoms with Gasteiger partial charge in [0.15, 0.2) is 0 Å². The molecule has 1 atom stereocenters. The number of hydrogen-bond donors (Lipinski definition) is 2. The van der Waals surface area contributed by atoms with E-state index in [9.17, 15) is 0 Å². The smallest absolute Gasteiger partial charge is 0.00174 e. The summed E-state index contributed by atoms with van der Waals surface area (Å²) in [6.07, 6.45) is 1.20. The van der Waals surface area contributed by atoms with Crippen molar-refractivity contribution in [3.8, 4) is 0 Å². The topological polar surface area (TPSA) is 24.1 Å². The summed E-state index contributed by atoms with van der Waals surface area (Å²) in [5, 5.41) is 6.83. The van der Waals surface area contributed by atoms with Gasteiger partial charge < -0.3 is 10.6 Å². The summed E-state index contributed by atoms with van der Waals surface area (Å²) >= 11 is 0. The predicted octanol–water partition coefficient (Wildman–Crippen LogP) is 2.38. The second kappa shape index (κ2) is 8.31. The summed E-state index contributed by atoms with van der Waals surface area (Å²) in [6, 6.07) is 10.7. The number of nitrogens with one attached hydrogen (secondary N) is 2. The van der Waals surface area contributed by atoms with Crippen LogP contribution in [-0.4, -0.2) is 26.2 Å². The van der Waals surface area contributed by atoms with Crippen LogP contribution in [0.4, 0.5) is 0 Å². The van der Waals surface area contributed by atoms with Gasteiger partial charge in [0.1, 0.15) is 0 Å². The van der Waals surface area contributed by atoms with Gasteiger partial charge in [-0.05, 0) is 37.5 Å². The van der Waals surface area contributed by atoms with Crippen molar-refractivity contribution in [2.75, 3.05) is 26.2 Å². The van der Waals surface area contributed by atoms with Crippen LogP contribution in [0.3, 0.4) is 0 Å². The van der Waals surface area contributed by atoms with Crippen molar-refractivity contribution >= 4 is 0 Å². The van der Waals surface area contributed by atoms with Crippen LogP contribution in [0.5, 0.6) is 0 Å². The van der Waals surface area contributed by atoms with E-state index in [2.05, 4.69) is 54.8 Å². The average Bonchev–Trinajstić information content (AvgIpc) is 2.34. The molecule has 2 nitrogen and oxygen atoms in total. The van der Waals surface area contributed by atoms with Gasteiger partial charge in [0.25, 0.3) is 0 Å². The van der Waals surface area contributed by atoms with Crippen molar-refractivity contribution in [1.29, 1.82) is 0 Å². The van der Waals surface area contributed by atoms with Crippen molar-refractivity contribution in [2.45, 2.75) is 26.2 Å². The van der Waals surface area contributed by atoms with Gasteiger partial charge in [-0.3, -0.25) is 0 Å². The Morgan fingerprint density at radius 3 is 2.44 bits per heavy atom. The molecule has 0 spiro atoms. The zero-order valence-corrected chi connectivity index (χ0v) is 10.5. The van der Waals surface area contributed by atoms with Crippen LogP contribution < -0.4 is 10.6 Å². The second-order valence-electron chi connectivity index (χ2n) is 4.22. The SMILES string of the molecule is CCNCCCNCC(C)c1ccccc1. The highest BCUT2D eigenvalue weighted by Gasteiger charge is 2.02. The van der Waals surface area contributed by atoms with E-state index in [4.69, 9.17) is 0 Å². The highest BCUT2D eigenvalue weighted by molar-refractivity contribution is 5.18. The predicted molar refractivity (Wildman–Crippen MR) is 70.9 cm³/mol. The van der Waals surface area contributed by atoms with Crippen molar-refractivity contribution in [1.82, 2.24) is 10.6 Å². The van der Waals surface area contributed by atoms with Gasteiger partial charge in [0, 0.05) is 6.54 Å². The Bertz CT molecular complexity index is 259. The molecule has 0 aliphatic carbocycles. The third-order valence-corrected chi connectivity index (χ3v) is 2.78. The normalized spacial score (nSPS) is 12.6. The molecule has 0 aliphatic rings. The molecule has 1 aromatic carbocycles. The maximum absolute atomic E-state index is 3.50. The van der Waals surface area contributed by atoms with Crippen LogP contribution in [0.15, 0.2) is 30.3 Å². The largest absolute Gasteiger partial charge is 0.317 e. The third kappa shape index (κ3) is 5.29. The molecule has 90 valence electrons. The fraction of sp³-hybridized carbons (Fsp3) is 0.571. The van der Waals surface area contributed by atoms with Crippen LogP contribution in [-0.2, 0) is 0 Å². The number of rotatable bonds is 8. The summed E-state index contributed by atoms with van der Waals surface area (Å²) in [7, 11) is 0. The molecule has 0 aliphatic heterocycles. The lowest BCUT2D eigenvalue weighted by atomic mass is 10.0. The fourth-order valence-electron chi connectivity index (χ4n) is 1.73. The van der Waals surface area contributed by atoms with Gasteiger partial charge in [-0.1, -0.05) is 44.2 Å². The quantitative estimate of drug-likeness (QED) is 0.657. The number of hydrogen-bond acceptors (Lipinski definition) is 2. The van der Waals surface area contributed by atoms with Crippen LogP contribution in [0, 0.1) is 0 Å². The van der Waals surface area contributed by atoms with E-state index >= 15 is 0 Å². The lowest BCUT2D eigenvalue weighted by Crippen LogP contribution is -2.24. The van der Waals surface area contributed by atoms with E-state index in [0.29, 0.717) is 5.92 Å². The van der Waals surface area contributed by atoms with Gasteiger partial charge in [-0.2, -0.15) is 0 Å². The maximum atomic E-state index is 3.50. The van der Waals surface area contributed by atoms with E-state index in [0.717, 1.165) is 26.2 Å². The van der Waals surface area contributed by atoms with Crippen molar-refractivity contribution in [2.24, 2.45) is 0 Å². The standard InChI is InChI=1S/C14H24N2/c1-3-15-10-7-11-16-12-13(2)14-8-5-4-6-9-14/h4-6,8-9,13,15-16H,3,7,10-12H2,1-2H3. The van der Waals surface area contributed by atoms with Crippen molar-refractivity contribution < 1.29 is 0 Å². The molecule has 0 aromatic heterocycles. The minimum absolute atomic E-state index is 0.598. The molecule has 0 saturated carbocycles. The molecule has 1 aromatic rings. The minimum Gasteiger partial charge on any atom is -0.317 e. The zero-order valence-electron chi connectivity index (χ0n) is 10.5. The van der Waals surface area contributed by atoms with Gasteiger partial charge in [-0.15, -0.1) is 0 Å². The Balaban J connectivity index is 2.09. The van der Waals surface area contributed by atoms with E-state index in [1.54, 1.807) is 0 Å². The van der Waals surface area contributed by atoms with Gasteiger partial charge in [0.05, 0.1) is 0 Å². The molecule has 0 radical (unpaired) electrons. The lowest BCUT2D eigenvalue weighted by molar-refractivity contribution is 0.575. The van der Waals surface area contributed by atoms with Crippen molar-refractivity contribution in [3.63, 3.8) is 0 Å². The average molecular weight is 220 g/mol. The highest BCUT2D eigenvalue weighted by atomic mass is 14.9. The molecule has 0 heterocycles. The van der Waals surface area contributed by atoms with E-state index in [1.807, 2.05) is 0 Å². The van der Waals surface area contributed by atoms with E-state index in [1.165, 1.54) is 12.0 Å². The first-order chi connectivity index (χ1) is 7.84. The Kier molecular flexibility index (Phi) is 6.86. The molecular formula is C14H24N2. The zero-order chi connectivity index (χ0) is 11.6. The Morgan fingerprint density at radius 1 is 1.06 bits per heavy atom. The van der Waals surface area contributed by atoms with Crippen molar-refractivity contribution in [3.05, 3.63) is 35.9 Å². The molecule has 1 unspecified atom stereocenters. The molecule has 2 heteroatoms. The maximum Gasteiger partial charge on any atom is 0.00174 e. The molecule has 0 saturated heterocycles. The molecule has 16 heavy (non-hydrogen) atoms. The summed E-state index contributed by atoms with van der Waals surface area (Å²) in [4.78, 5) is 0. The molecule has 0 bridgehead atoms. The summed E-state index contributed by atoms with van der Waals surface area (Å²) in [5.41, 5.74) is 1.42. The highest BCUT2D eigenvalue weighted by Crippen LogP contribution is 2.12. The van der Waals surface area contributed by atoms with Gasteiger partial charge >= 0.3 is 0 Å². The molecule has 1 rings (SSSR count). The first-order valence-electron chi connectivity index (χ1n) is 6.31.